The van der Waals surface area contributed by atoms with Crippen LogP contribution in [0.15, 0.2) is 24.3 Å². The molecule has 146 valence electrons. The van der Waals surface area contributed by atoms with Crippen LogP contribution in [0.2, 0.25) is 5.02 Å². The second kappa shape index (κ2) is 6.40. The molecule has 5 rings (SSSR count). The number of ether oxygens (including phenoxy) is 1. The van der Waals surface area contributed by atoms with Gasteiger partial charge in [-0.1, -0.05) is 11.6 Å². The van der Waals surface area contributed by atoms with Gasteiger partial charge in [0.05, 0.1) is 5.41 Å². The molecule has 27 heavy (non-hydrogen) atoms. The molecule has 5 nitrogen and oxygen atoms in total. The van der Waals surface area contributed by atoms with Gasteiger partial charge in [-0.25, -0.2) is 0 Å². The first-order chi connectivity index (χ1) is 12.7. The molecule has 5 atom stereocenters. The zero-order valence-electron chi connectivity index (χ0n) is 15.7. The number of halogens is 1. The summed E-state index contributed by atoms with van der Waals surface area (Å²) < 4.78 is 5.91. The molecule has 4 unspecified atom stereocenters. The molecule has 0 aromatic heterocycles. The van der Waals surface area contributed by atoms with Crippen molar-refractivity contribution < 1.29 is 19.4 Å². The fraction of sp³-hybridized carbons (Fsp3) is 0.619. The highest BCUT2D eigenvalue weighted by Gasteiger charge is 2.59. The average Bonchev–Trinajstić information content (AvgIpc) is 2.59. The van der Waals surface area contributed by atoms with Crippen molar-refractivity contribution in [2.24, 2.45) is 23.2 Å². The third kappa shape index (κ3) is 3.31. The maximum absolute atomic E-state index is 13.0. The molecule has 0 saturated heterocycles. The van der Waals surface area contributed by atoms with E-state index in [1.54, 1.807) is 38.1 Å². The summed E-state index contributed by atoms with van der Waals surface area (Å²) in [5.74, 6) is 0.780. The molecule has 2 N–H and O–H groups in total. The number of amides is 1. The summed E-state index contributed by atoms with van der Waals surface area (Å²) in [5.41, 5.74) is -1.58. The summed E-state index contributed by atoms with van der Waals surface area (Å²) in [7, 11) is 0. The Morgan fingerprint density at radius 1 is 1.15 bits per heavy atom. The number of carboxylic acids is 1. The van der Waals surface area contributed by atoms with Gasteiger partial charge in [0.1, 0.15) is 5.75 Å². The number of nitrogens with one attached hydrogen (secondary N) is 1. The van der Waals surface area contributed by atoms with Crippen molar-refractivity contribution in [2.45, 2.75) is 57.6 Å². The quantitative estimate of drug-likeness (QED) is 0.798. The average molecular weight is 392 g/mol. The Hall–Kier alpha value is -1.75. The summed E-state index contributed by atoms with van der Waals surface area (Å²) in [6.45, 7) is 3.51. The van der Waals surface area contributed by atoms with Crippen LogP contribution in [0.5, 0.6) is 5.75 Å². The van der Waals surface area contributed by atoms with Gasteiger partial charge in [-0.05, 0) is 88.0 Å². The number of carbonyl (C=O) groups is 2. The predicted molar refractivity (Wildman–Crippen MR) is 102 cm³/mol. The first kappa shape index (κ1) is 18.6. The maximum atomic E-state index is 13.0. The van der Waals surface area contributed by atoms with Crippen LogP contribution in [-0.2, 0) is 9.59 Å². The second-order valence-corrected chi connectivity index (χ2v) is 9.56. The summed E-state index contributed by atoms with van der Waals surface area (Å²) >= 11 is 5.90. The Morgan fingerprint density at radius 3 is 2.30 bits per heavy atom. The number of aliphatic carboxylic acids is 1. The summed E-state index contributed by atoms with van der Waals surface area (Å²) in [5, 5.41) is 13.6. The van der Waals surface area contributed by atoms with Crippen LogP contribution in [0.4, 0.5) is 0 Å². The highest BCUT2D eigenvalue weighted by atomic mass is 35.5. The molecule has 0 aliphatic heterocycles. The zero-order valence-corrected chi connectivity index (χ0v) is 16.5. The van der Waals surface area contributed by atoms with Gasteiger partial charge in [-0.3, -0.25) is 9.59 Å². The molecule has 0 radical (unpaired) electrons. The highest BCUT2D eigenvalue weighted by molar-refractivity contribution is 6.30. The number of carbonyl (C=O) groups excluding carboxylic acids is 1. The summed E-state index contributed by atoms with van der Waals surface area (Å²) in [4.78, 5) is 24.8. The van der Waals surface area contributed by atoms with E-state index in [9.17, 15) is 14.7 Å². The zero-order chi connectivity index (χ0) is 19.4. The number of hydrogen-bond acceptors (Lipinski definition) is 3. The van der Waals surface area contributed by atoms with Crippen molar-refractivity contribution in [1.82, 2.24) is 5.32 Å². The maximum Gasteiger partial charge on any atom is 0.309 e. The minimum Gasteiger partial charge on any atom is -0.481 e. The van der Waals surface area contributed by atoms with Gasteiger partial charge >= 0.3 is 5.97 Å². The molecule has 0 heterocycles. The lowest BCUT2D eigenvalue weighted by Gasteiger charge is -2.58. The molecule has 6 heteroatoms. The SMILES string of the molecule is CC(C)(Oc1ccc(Cl)cc1)C(=O)NC1C2CC3C[C@@H]1CC(C(=O)O)(C3)C2. The van der Waals surface area contributed by atoms with Gasteiger partial charge in [0.2, 0.25) is 0 Å². The first-order valence-electron chi connectivity index (χ1n) is 9.67. The molecule has 1 aromatic rings. The topological polar surface area (TPSA) is 75.6 Å². The van der Waals surface area contributed by atoms with Crippen molar-refractivity contribution in [2.75, 3.05) is 0 Å². The van der Waals surface area contributed by atoms with E-state index in [2.05, 4.69) is 5.32 Å². The minimum atomic E-state index is -1.02. The van der Waals surface area contributed by atoms with Crippen molar-refractivity contribution in [3.05, 3.63) is 29.3 Å². The molecule has 1 aromatic carbocycles. The standard InChI is InChI=1S/C21H26ClNO4/c1-20(2,27-16-5-3-15(22)4-6-16)18(24)23-17-13-7-12-8-14(17)11-21(9-12,10-13)19(25)26/h3-6,12-14,17H,7-11H2,1-2H3,(H,23,24)(H,25,26)/t12?,13-,14?,17?,21?/m1/s1. The second-order valence-electron chi connectivity index (χ2n) is 9.12. The van der Waals surface area contributed by atoms with Crippen molar-refractivity contribution in [3.8, 4) is 5.75 Å². The van der Waals surface area contributed by atoms with Gasteiger partial charge < -0.3 is 15.2 Å². The lowest BCUT2D eigenvalue weighted by Crippen LogP contribution is -2.63. The smallest absolute Gasteiger partial charge is 0.309 e. The third-order valence-electron chi connectivity index (χ3n) is 6.76. The molecule has 4 aliphatic carbocycles. The van der Waals surface area contributed by atoms with E-state index in [4.69, 9.17) is 16.3 Å². The van der Waals surface area contributed by atoms with Crippen LogP contribution in [0.1, 0.15) is 46.0 Å². The van der Waals surface area contributed by atoms with E-state index >= 15 is 0 Å². The molecular formula is C21H26ClNO4. The number of benzene rings is 1. The first-order valence-corrected chi connectivity index (χ1v) is 10.1. The molecule has 0 spiro atoms. The molecule has 1 amide bonds. The van der Waals surface area contributed by atoms with E-state index < -0.39 is 17.0 Å². The van der Waals surface area contributed by atoms with E-state index in [0.29, 0.717) is 29.5 Å². The van der Waals surface area contributed by atoms with E-state index in [0.717, 1.165) is 19.3 Å². The Morgan fingerprint density at radius 2 is 1.74 bits per heavy atom. The summed E-state index contributed by atoms with van der Waals surface area (Å²) in [6.07, 6.45) is 4.21. The van der Waals surface area contributed by atoms with Gasteiger partial charge in [0, 0.05) is 11.1 Å². The molecule has 4 fully saturated rings. The van der Waals surface area contributed by atoms with Crippen molar-refractivity contribution in [3.63, 3.8) is 0 Å². The van der Waals surface area contributed by atoms with E-state index in [1.807, 2.05) is 0 Å². The molecule has 4 bridgehead atoms. The lowest BCUT2D eigenvalue weighted by molar-refractivity contribution is -0.168. The third-order valence-corrected chi connectivity index (χ3v) is 7.01. The van der Waals surface area contributed by atoms with Gasteiger partial charge in [-0.15, -0.1) is 0 Å². The molecule has 4 aliphatic rings. The van der Waals surface area contributed by atoms with Crippen LogP contribution >= 0.6 is 11.6 Å². The Labute approximate surface area is 164 Å². The minimum absolute atomic E-state index is 0.0506. The van der Waals surface area contributed by atoms with Crippen molar-refractivity contribution >= 4 is 23.5 Å². The number of hydrogen-bond donors (Lipinski definition) is 2. The fourth-order valence-electron chi connectivity index (χ4n) is 5.69. The number of carboxylic acid groups (broad SMARTS) is 1. The Bertz CT molecular complexity index is 744. The van der Waals surface area contributed by atoms with Crippen molar-refractivity contribution in [1.29, 1.82) is 0 Å². The van der Waals surface area contributed by atoms with Gasteiger partial charge in [-0.2, -0.15) is 0 Å². The lowest BCUT2D eigenvalue weighted by atomic mass is 9.48. The van der Waals surface area contributed by atoms with E-state index in [1.165, 1.54) is 0 Å². The predicted octanol–water partition coefficient (Wildman–Crippen LogP) is 3.89. The van der Waals surface area contributed by atoms with Crippen LogP contribution in [0.3, 0.4) is 0 Å². The molecular weight excluding hydrogens is 366 g/mol. The van der Waals surface area contributed by atoms with Gasteiger partial charge in [0.25, 0.3) is 5.91 Å². The fourth-order valence-corrected chi connectivity index (χ4v) is 5.82. The van der Waals surface area contributed by atoms with Crippen LogP contribution in [0, 0.1) is 23.2 Å². The normalized spacial score (nSPS) is 34.3. The molecule has 4 saturated carbocycles. The Kier molecular flexibility index (Phi) is 4.41. The van der Waals surface area contributed by atoms with Gasteiger partial charge in [0.15, 0.2) is 5.60 Å². The monoisotopic (exact) mass is 391 g/mol. The highest BCUT2D eigenvalue weighted by Crippen LogP contribution is 2.60. The van der Waals surface area contributed by atoms with Crippen LogP contribution in [-0.4, -0.2) is 28.6 Å². The number of rotatable bonds is 5. The van der Waals surface area contributed by atoms with Crippen LogP contribution < -0.4 is 10.1 Å². The summed E-state index contributed by atoms with van der Waals surface area (Å²) in [6, 6.07) is 7.00. The van der Waals surface area contributed by atoms with E-state index in [-0.39, 0.29) is 23.8 Å². The van der Waals surface area contributed by atoms with Crippen LogP contribution in [0.25, 0.3) is 0 Å². The largest absolute Gasteiger partial charge is 0.481 e. The Balaban J connectivity index is 1.45.